The topological polar surface area (TPSA) is 40.7 Å². The standard InChI is InChI=1S/C9H15N3/c1-7-5-11-9(12-7)8-3-2-4-10-6-8/h5,8,10H,2-4,6H2,1H3,(H,11,12)/t8-/m1/s1. The highest BCUT2D eigenvalue weighted by Crippen LogP contribution is 2.19. The number of aromatic nitrogens is 2. The van der Waals surface area contributed by atoms with Crippen LogP contribution >= 0.6 is 0 Å². The fourth-order valence-electron chi connectivity index (χ4n) is 1.73. The van der Waals surface area contributed by atoms with Gasteiger partial charge in [-0.1, -0.05) is 0 Å². The summed E-state index contributed by atoms with van der Waals surface area (Å²) in [5.74, 6) is 1.76. The third-order valence-electron chi connectivity index (χ3n) is 2.41. The first kappa shape index (κ1) is 7.80. The molecule has 0 aliphatic carbocycles. The van der Waals surface area contributed by atoms with E-state index in [0.29, 0.717) is 5.92 Å². The summed E-state index contributed by atoms with van der Waals surface area (Å²) in [5, 5.41) is 3.38. The highest BCUT2D eigenvalue weighted by molar-refractivity contribution is 5.05. The molecule has 1 aromatic rings. The Bertz CT molecular complexity index is 248. The van der Waals surface area contributed by atoms with Gasteiger partial charge in [0.05, 0.1) is 0 Å². The van der Waals surface area contributed by atoms with E-state index in [9.17, 15) is 0 Å². The molecular formula is C9H15N3. The lowest BCUT2D eigenvalue weighted by atomic mass is 9.99. The number of rotatable bonds is 1. The van der Waals surface area contributed by atoms with Crippen molar-refractivity contribution >= 4 is 0 Å². The number of aryl methyl sites for hydroxylation is 1. The molecule has 0 radical (unpaired) electrons. The zero-order valence-corrected chi connectivity index (χ0v) is 7.43. The summed E-state index contributed by atoms with van der Waals surface area (Å²) in [7, 11) is 0. The van der Waals surface area contributed by atoms with Gasteiger partial charge in [0, 0.05) is 24.4 Å². The van der Waals surface area contributed by atoms with Crippen molar-refractivity contribution in [2.45, 2.75) is 25.7 Å². The van der Waals surface area contributed by atoms with Crippen LogP contribution in [0.4, 0.5) is 0 Å². The fourth-order valence-corrected chi connectivity index (χ4v) is 1.73. The van der Waals surface area contributed by atoms with Gasteiger partial charge in [0.1, 0.15) is 5.82 Å². The van der Waals surface area contributed by atoms with Gasteiger partial charge in [0.25, 0.3) is 0 Å². The first-order valence-electron chi connectivity index (χ1n) is 4.58. The molecule has 1 saturated heterocycles. The molecule has 3 heteroatoms. The fraction of sp³-hybridized carbons (Fsp3) is 0.667. The van der Waals surface area contributed by atoms with Crippen LogP contribution in [0.15, 0.2) is 6.20 Å². The molecule has 12 heavy (non-hydrogen) atoms. The number of hydrogen-bond donors (Lipinski definition) is 2. The predicted octanol–water partition coefficient (Wildman–Crippen LogP) is 1.19. The van der Waals surface area contributed by atoms with Crippen molar-refractivity contribution in [3.8, 4) is 0 Å². The monoisotopic (exact) mass is 165 g/mol. The molecule has 0 unspecified atom stereocenters. The highest BCUT2D eigenvalue weighted by Gasteiger charge is 2.16. The second-order valence-corrected chi connectivity index (χ2v) is 3.49. The second-order valence-electron chi connectivity index (χ2n) is 3.49. The van der Waals surface area contributed by atoms with Crippen molar-refractivity contribution in [3.63, 3.8) is 0 Å². The van der Waals surface area contributed by atoms with Gasteiger partial charge >= 0.3 is 0 Å². The highest BCUT2D eigenvalue weighted by atomic mass is 15.0. The average Bonchev–Trinajstić information content (AvgIpc) is 2.54. The summed E-state index contributed by atoms with van der Waals surface area (Å²) >= 11 is 0. The molecule has 66 valence electrons. The summed E-state index contributed by atoms with van der Waals surface area (Å²) in [5.41, 5.74) is 1.16. The van der Waals surface area contributed by atoms with Gasteiger partial charge in [-0.05, 0) is 26.3 Å². The van der Waals surface area contributed by atoms with Crippen LogP contribution in [-0.2, 0) is 0 Å². The number of H-pyrrole nitrogens is 1. The molecule has 3 nitrogen and oxygen atoms in total. The Hall–Kier alpha value is -0.830. The summed E-state index contributed by atoms with van der Waals surface area (Å²) in [6.45, 7) is 4.29. The normalized spacial score (nSPS) is 24.2. The number of nitrogens with one attached hydrogen (secondary N) is 2. The van der Waals surface area contributed by atoms with Crippen LogP contribution in [0.1, 0.15) is 30.3 Å². The van der Waals surface area contributed by atoms with Crippen molar-refractivity contribution in [2.24, 2.45) is 0 Å². The number of hydrogen-bond acceptors (Lipinski definition) is 2. The minimum absolute atomic E-state index is 0.604. The Kier molecular flexibility index (Phi) is 2.13. The first-order chi connectivity index (χ1) is 5.86. The SMILES string of the molecule is Cc1cnc([C@@H]2CCCNC2)[nH]1. The molecule has 1 fully saturated rings. The van der Waals surface area contributed by atoms with Gasteiger partial charge in [-0.2, -0.15) is 0 Å². The smallest absolute Gasteiger partial charge is 0.110 e. The predicted molar refractivity (Wildman–Crippen MR) is 48.2 cm³/mol. The zero-order chi connectivity index (χ0) is 8.39. The quantitative estimate of drug-likeness (QED) is 0.656. The lowest BCUT2D eigenvalue weighted by Gasteiger charge is -2.20. The molecule has 0 spiro atoms. The van der Waals surface area contributed by atoms with Crippen LogP contribution < -0.4 is 5.32 Å². The zero-order valence-electron chi connectivity index (χ0n) is 7.43. The minimum atomic E-state index is 0.604. The molecule has 1 aliphatic heterocycles. The molecule has 1 atom stereocenters. The van der Waals surface area contributed by atoms with E-state index >= 15 is 0 Å². The molecule has 1 aromatic heterocycles. The second kappa shape index (κ2) is 3.27. The Labute approximate surface area is 72.6 Å². The molecule has 0 amide bonds. The van der Waals surface area contributed by atoms with E-state index in [1.165, 1.54) is 12.8 Å². The van der Waals surface area contributed by atoms with Gasteiger partial charge in [-0.15, -0.1) is 0 Å². The first-order valence-corrected chi connectivity index (χ1v) is 4.58. The number of piperidine rings is 1. The van der Waals surface area contributed by atoms with Crippen molar-refractivity contribution in [1.82, 2.24) is 15.3 Å². The molecule has 0 aromatic carbocycles. The van der Waals surface area contributed by atoms with Crippen LogP contribution in [0, 0.1) is 6.92 Å². The minimum Gasteiger partial charge on any atom is -0.346 e. The Balaban J connectivity index is 2.08. The molecule has 2 rings (SSSR count). The molecule has 0 bridgehead atoms. The van der Waals surface area contributed by atoms with Crippen molar-refractivity contribution in [3.05, 3.63) is 17.7 Å². The van der Waals surface area contributed by atoms with Crippen molar-refractivity contribution < 1.29 is 0 Å². The number of aromatic amines is 1. The van der Waals surface area contributed by atoms with Crippen LogP contribution in [0.5, 0.6) is 0 Å². The van der Waals surface area contributed by atoms with Crippen molar-refractivity contribution in [2.75, 3.05) is 13.1 Å². The molecular weight excluding hydrogens is 150 g/mol. The lowest BCUT2D eigenvalue weighted by Crippen LogP contribution is -2.28. The average molecular weight is 165 g/mol. The Morgan fingerprint density at radius 1 is 1.58 bits per heavy atom. The summed E-state index contributed by atoms with van der Waals surface area (Å²) in [6.07, 6.45) is 4.44. The van der Waals surface area contributed by atoms with Crippen LogP contribution in [0.2, 0.25) is 0 Å². The van der Waals surface area contributed by atoms with E-state index in [0.717, 1.165) is 24.6 Å². The van der Waals surface area contributed by atoms with Gasteiger partial charge in [0.15, 0.2) is 0 Å². The largest absolute Gasteiger partial charge is 0.346 e. The maximum atomic E-state index is 4.34. The summed E-state index contributed by atoms with van der Waals surface area (Å²) < 4.78 is 0. The maximum absolute atomic E-state index is 4.34. The van der Waals surface area contributed by atoms with Crippen LogP contribution in [0.3, 0.4) is 0 Å². The van der Waals surface area contributed by atoms with Crippen molar-refractivity contribution in [1.29, 1.82) is 0 Å². The van der Waals surface area contributed by atoms with Crippen LogP contribution in [-0.4, -0.2) is 23.1 Å². The van der Waals surface area contributed by atoms with Gasteiger partial charge < -0.3 is 10.3 Å². The van der Waals surface area contributed by atoms with E-state index in [-0.39, 0.29) is 0 Å². The van der Waals surface area contributed by atoms with Crippen LogP contribution in [0.25, 0.3) is 0 Å². The molecule has 0 saturated carbocycles. The van der Waals surface area contributed by atoms with E-state index in [1.807, 2.05) is 13.1 Å². The third kappa shape index (κ3) is 1.50. The van der Waals surface area contributed by atoms with Gasteiger partial charge in [-0.3, -0.25) is 0 Å². The number of imidazole rings is 1. The number of nitrogens with zero attached hydrogens (tertiary/aromatic N) is 1. The van der Waals surface area contributed by atoms with Gasteiger partial charge in [-0.25, -0.2) is 4.98 Å². The lowest BCUT2D eigenvalue weighted by molar-refractivity contribution is 0.448. The van der Waals surface area contributed by atoms with E-state index < -0.39 is 0 Å². The molecule has 2 heterocycles. The summed E-state index contributed by atoms with van der Waals surface area (Å²) in [4.78, 5) is 7.64. The Morgan fingerprint density at radius 3 is 3.08 bits per heavy atom. The Morgan fingerprint density at radius 2 is 2.50 bits per heavy atom. The van der Waals surface area contributed by atoms with E-state index in [4.69, 9.17) is 0 Å². The third-order valence-corrected chi connectivity index (χ3v) is 2.41. The van der Waals surface area contributed by atoms with Gasteiger partial charge in [0.2, 0.25) is 0 Å². The summed E-state index contributed by atoms with van der Waals surface area (Å²) in [6, 6.07) is 0. The molecule has 1 aliphatic rings. The van der Waals surface area contributed by atoms with E-state index in [1.54, 1.807) is 0 Å². The molecule has 2 N–H and O–H groups in total. The maximum Gasteiger partial charge on any atom is 0.110 e. The van der Waals surface area contributed by atoms with E-state index in [2.05, 4.69) is 15.3 Å².